The fraction of sp³-hybridized carbons (Fsp3) is 0.917. The minimum Gasteiger partial charge on any atom is -0.453 e. The van der Waals surface area contributed by atoms with Crippen LogP contribution in [-0.2, 0) is 4.74 Å². The Balaban J connectivity index is 0. The first-order valence-electron chi connectivity index (χ1n) is 6.30. The highest BCUT2D eigenvalue weighted by atomic mass is 16.5. The van der Waals surface area contributed by atoms with Crippen molar-refractivity contribution in [3.8, 4) is 0 Å². The second kappa shape index (κ2) is 10.4. The molecular weight excluding hydrogens is 218 g/mol. The normalized spacial score (nSPS) is 16.1. The van der Waals surface area contributed by atoms with Crippen LogP contribution < -0.4 is 11.1 Å². The molecule has 1 rings (SSSR count). The van der Waals surface area contributed by atoms with Crippen LogP contribution in [0, 0.1) is 0 Å². The van der Waals surface area contributed by atoms with Crippen LogP contribution in [0.1, 0.15) is 33.5 Å². The first-order chi connectivity index (χ1) is 8.11. The van der Waals surface area contributed by atoms with E-state index in [0.29, 0.717) is 13.1 Å². The molecule has 104 valence electrons. The molecule has 5 heteroatoms. The molecule has 1 aliphatic rings. The predicted molar refractivity (Wildman–Crippen MR) is 72.1 cm³/mol. The van der Waals surface area contributed by atoms with Crippen molar-refractivity contribution < 1.29 is 11.0 Å². The average molecular weight is 247 g/mol. The Kier molecular flexibility index (Phi) is 9.86. The van der Waals surface area contributed by atoms with Crippen molar-refractivity contribution in [3.63, 3.8) is 0 Å². The van der Waals surface area contributed by atoms with E-state index in [1.807, 2.05) is 0 Å². The summed E-state index contributed by atoms with van der Waals surface area (Å²) in [6.07, 6.45) is 6.77. The lowest BCUT2D eigenvalue weighted by Gasteiger charge is -2.27. The predicted octanol–water partition coefficient (Wildman–Crippen LogP) is 1.43. The van der Waals surface area contributed by atoms with E-state index in [0.717, 1.165) is 6.04 Å². The highest BCUT2D eigenvalue weighted by Gasteiger charge is 2.13. The van der Waals surface area contributed by atoms with Crippen molar-refractivity contribution in [2.24, 2.45) is 5.73 Å². The topological polar surface area (TPSA) is 67.6 Å². The Labute approximate surface area is 106 Å². The lowest BCUT2D eigenvalue weighted by molar-refractivity contribution is 0.171. The van der Waals surface area contributed by atoms with Gasteiger partial charge in [0, 0.05) is 20.6 Å². The lowest BCUT2D eigenvalue weighted by atomic mass is 9.95. The van der Waals surface area contributed by atoms with Crippen molar-refractivity contribution in [1.82, 2.24) is 10.2 Å². The minimum atomic E-state index is -0.435. The highest BCUT2D eigenvalue weighted by molar-refractivity contribution is 5.66. The molecule has 17 heavy (non-hydrogen) atoms. The minimum absolute atomic E-state index is 0. The number of carbonyl (C=O) groups is 1. The Hall–Kier alpha value is -0.810. The van der Waals surface area contributed by atoms with Gasteiger partial charge in [0.25, 0.3) is 0 Å². The molecule has 0 spiro atoms. The Morgan fingerprint density at radius 3 is 2.35 bits per heavy atom. The largest absolute Gasteiger partial charge is 0.453 e. The molecule has 1 amide bonds. The SMILES string of the molecule is CN(C)C1CCCCC1.COC(=O)NCCN.[HH]. The lowest BCUT2D eigenvalue weighted by Crippen LogP contribution is -2.29. The monoisotopic (exact) mass is 247 g/mol. The van der Waals surface area contributed by atoms with Gasteiger partial charge in [0.15, 0.2) is 0 Å². The molecule has 0 atom stereocenters. The number of hydrogen-bond donors (Lipinski definition) is 2. The molecule has 0 heterocycles. The standard InChI is InChI=1S/C8H17N.C4H10N2O2.H2/c1-9(2)8-6-4-3-5-7-8;1-8-4(7)6-3-2-5;/h8H,3-7H2,1-2H3;2-3,5H2,1H3,(H,6,7);1H. The molecule has 1 fully saturated rings. The number of carbonyl (C=O) groups excluding carboxylic acids is 1. The van der Waals surface area contributed by atoms with E-state index in [1.165, 1.54) is 39.2 Å². The van der Waals surface area contributed by atoms with Gasteiger partial charge in [-0.2, -0.15) is 0 Å². The molecule has 0 radical (unpaired) electrons. The number of hydrogen-bond acceptors (Lipinski definition) is 4. The van der Waals surface area contributed by atoms with Gasteiger partial charge in [-0.05, 0) is 26.9 Å². The number of rotatable bonds is 3. The summed E-state index contributed by atoms with van der Waals surface area (Å²) in [5.74, 6) is 0. The number of methoxy groups -OCH3 is 1. The number of ether oxygens (including phenoxy) is 1. The zero-order valence-corrected chi connectivity index (χ0v) is 11.4. The average Bonchev–Trinajstić information content (AvgIpc) is 2.37. The second-order valence-electron chi connectivity index (χ2n) is 4.46. The van der Waals surface area contributed by atoms with Crippen LogP contribution >= 0.6 is 0 Å². The van der Waals surface area contributed by atoms with Gasteiger partial charge in [-0.1, -0.05) is 19.3 Å². The third kappa shape index (κ3) is 8.94. The number of nitrogens with two attached hydrogens (primary N) is 1. The molecule has 0 aliphatic heterocycles. The summed E-state index contributed by atoms with van der Waals surface area (Å²) in [4.78, 5) is 12.5. The maximum absolute atomic E-state index is 10.2. The third-order valence-corrected chi connectivity index (χ3v) is 2.90. The molecule has 0 aromatic carbocycles. The summed E-state index contributed by atoms with van der Waals surface area (Å²) in [6, 6.07) is 0.888. The van der Waals surface area contributed by atoms with Gasteiger partial charge in [0.1, 0.15) is 0 Å². The van der Waals surface area contributed by atoms with Gasteiger partial charge < -0.3 is 20.7 Å². The summed E-state index contributed by atoms with van der Waals surface area (Å²) in [5, 5.41) is 2.40. The zero-order valence-electron chi connectivity index (χ0n) is 11.4. The van der Waals surface area contributed by atoms with Crippen molar-refractivity contribution >= 4 is 6.09 Å². The van der Waals surface area contributed by atoms with Gasteiger partial charge in [-0.15, -0.1) is 0 Å². The van der Waals surface area contributed by atoms with Crippen LogP contribution in [0.15, 0.2) is 0 Å². The van der Waals surface area contributed by atoms with Crippen LogP contribution in [0.2, 0.25) is 0 Å². The maximum Gasteiger partial charge on any atom is 0.406 e. The third-order valence-electron chi connectivity index (χ3n) is 2.90. The van der Waals surface area contributed by atoms with Crippen LogP contribution in [-0.4, -0.2) is 51.3 Å². The summed E-state index contributed by atoms with van der Waals surface area (Å²) in [5.41, 5.74) is 5.06. The summed E-state index contributed by atoms with van der Waals surface area (Å²) >= 11 is 0. The van der Waals surface area contributed by atoms with Crippen LogP contribution in [0.5, 0.6) is 0 Å². The summed E-state index contributed by atoms with van der Waals surface area (Å²) in [6.45, 7) is 0.905. The van der Waals surface area contributed by atoms with Crippen molar-refractivity contribution in [1.29, 1.82) is 0 Å². The molecule has 0 aromatic heterocycles. The van der Waals surface area contributed by atoms with Crippen molar-refractivity contribution in [3.05, 3.63) is 0 Å². The molecule has 3 N–H and O–H groups in total. The summed E-state index contributed by atoms with van der Waals surface area (Å²) < 4.78 is 4.25. The fourth-order valence-electron chi connectivity index (χ4n) is 1.84. The zero-order chi connectivity index (χ0) is 13.1. The molecule has 0 unspecified atom stereocenters. The summed E-state index contributed by atoms with van der Waals surface area (Å²) in [7, 11) is 5.69. The van der Waals surface area contributed by atoms with Crippen molar-refractivity contribution in [2.75, 3.05) is 34.3 Å². The van der Waals surface area contributed by atoms with Gasteiger partial charge >= 0.3 is 6.09 Å². The fourth-order valence-corrected chi connectivity index (χ4v) is 1.84. The van der Waals surface area contributed by atoms with E-state index >= 15 is 0 Å². The van der Waals surface area contributed by atoms with E-state index in [1.54, 1.807) is 0 Å². The number of alkyl carbamates (subject to hydrolysis) is 1. The molecular formula is C12H29N3O2. The van der Waals surface area contributed by atoms with Gasteiger partial charge in [0.2, 0.25) is 0 Å². The van der Waals surface area contributed by atoms with Gasteiger partial charge in [-0.3, -0.25) is 0 Å². The maximum atomic E-state index is 10.2. The Bertz CT molecular complexity index is 198. The van der Waals surface area contributed by atoms with Gasteiger partial charge in [-0.25, -0.2) is 4.79 Å². The van der Waals surface area contributed by atoms with Gasteiger partial charge in [0.05, 0.1) is 7.11 Å². The first kappa shape index (κ1) is 16.2. The second-order valence-corrected chi connectivity index (χ2v) is 4.46. The Morgan fingerprint density at radius 1 is 1.41 bits per heavy atom. The molecule has 0 bridgehead atoms. The van der Waals surface area contributed by atoms with E-state index in [9.17, 15) is 4.79 Å². The number of nitrogens with zero attached hydrogens (tertiary/aromatic N) is 1. The van der Waals surface area contributed by atoms with E-state index < -0.39 is 6.09 Å². The van der Waals surface area contributed by atoms with E-state index in [4.69, 9.17) is 5.73 Å². The molecule has 0 aromatic rings. The smallest absolute Gasteiger partial charge is 0.406 e. The molecule has 0 saturated heterocycles. The molecule has 5 nitrogen and oxygen atoms in total. The first-order valence-corrected chi connectivity index (χ1v) is 6.30. The molecule has 1 aliphatic carbocycles. The highest BCUT2D eigenvalue weighted by Crippen LogP contribution is 2.20. The van der Waals surface area contributed by atoms with E-state index in [2.05, 4.69) is 29.0 Å². The van der Waals surface area contributed by atoms with Crippen LogP contribution in [0.4, 0.5) is 4.79 Å². The van der Waals surface area contributed by atoms with E-state index in [-0.39, 0.29) is 1.43 Å². The Morgan fingerprint density at radius 2 is 2.00 bits per heavy atom. The van der Waals surface area contributed by atoms with Crippen LogP contribution in [0.3, 0.4) is 0 Å². The van der Waals surface area contributed by atoms with Crippen LogP contribution in [0.25, 0.3) is 0 Å². The quantitative estimate of drug-likeness (QED) is 0.791. The van der Waals surface area contributed by atoms with Crippen molar-refractivity contribution in [2.45, 2.75) is 38.1 Å². The molecule has 1 saturated carbocycles. The number of amides is 1. The number of nitrogens with one attached hydrogen (secondary N) is 1.